The van der Waals surface area contributed by atoms with Gasteiger partial charge in [-0.2, -0.15) is 0 Å². The molecule has 0 radical (unpaired) electrons. The molecule has 1 fully saturated rings. The number of carbonyl (C=O) groups excluding carboxylic acids is 3. The number of carboxylic acids is 1. The average molecular weight is 449 g/mol. The van der Waals surface area contributed by atoms with E-state index in [1.54, 1.807) is 35.2 Å². The van der Waals surface area contributed by atoms with Crippen LogP contribution in [0.1, 0.15) is 59.4 Å². The summed E-state index contributed by atoms with van der Waals surface area (Å²) in [4.78, 5) is 52.4. The van der Waals surface area contributed by atoms with Gasteiger partial charge in [0.2, 0.25) is 5.91 Å². The van der Waals surface area contributed by atoms with Gasteiger partial charge in [-0.1, -0.05) is 56.7 Å². The molecule has 7 heteroatoms. The summed E-state index contributed by atoms with van der Waals surface area (Å²) in [5.41, 5.74) is 2.77. The molecule has 1 heterocycles. The van der Waals surface area contributed by atoms with Crippen molar-refractivity contribution in [2.24, 2.45) is 11.8 Å². The molecular formula is C26H28N2O5. The van der Waals surface area contributed by atoms with Crippen LogP contribution in [0.3, 0.4) is 0 Å². The van der Waals surface area contributed by atoms with Gasteiger partial charge in [0, 0.05) is 35.3 Å². The van der Waals surface area contributed by atoms with Crippen LogP contribution in [0, 0.1) is 11.8 Å². The number of hydrogen-bond donors (Lipinski definition) is 2. The van der Waals surface area contributed by atoms with Crippen molar-refractivity contribution in [2.75, 3.05) is 13.1 Å². The number of fused-ring (bicyclic) bond motifs is 3. The Morgan fingerprint density at radius 3 is 2.30 bits per heavy atom. The zero-order chi connectivity index (χ0) is 23.7. The lowest BCUT2D eigenvalue weighted by molar-refractivity contribution is -0.146. The molecule has 0 aromatic heterocycles. The number of piperidine rings is 1. The summed E-state index contributed by atoms with van der Waals surface area (Å²) in [5.74, 6) is -2.06. The first-order valence-corrected chi connectivity index (χ1v) is 11.4. The van der Waals surface area contributed by atoms with E-state index in [1.165, 1.54) is 0 Å². The summed E-state index contributed by atoms with van der Waals surface area (Å²) >= 11 is 0. The number of nitrogens with one attached hydrogen (secondary N) is 1. The summed E-state index contributed by atoms with van der Waals surface area (Å²) in [6.45, 7) is 4.60. The predicted molar refractivity (Wildman–Crippen MR) is 123 cm³/mol. The number of carboxylic acid groups (broad SMARTS) is 1. The fourth-order valence-electron chi connectivity index (χ4n) is 4.71. The Bertz CT molecular complexity index is 1120. The molecule has 2 aromatic rings. The predicted octanol–water partition coefficient (Wildman–Crippen LogP) is 3.37. The van der Waals surface area contributed by atoms with Crippen LogP contribution in [0.4, 0.5) is 0 Å². The zero-order valence-corrected chi connectivity index (χ0v) is 18.8. The van der Waals surface area contributed by atoms with Gasteiger partial charge in [-0.3, -0.25) is 19.2 Å². The Kier molecular flexibility index (Phi) is 6.31. The summed E-state index contributed by atoms with van der Waals surface area (Å²) in [7, 11) is 0. The maximum Gasteiger partial charge on any atom is 0.306 e. The van der Waals surface area contributed by atoms with Gasteiger partial charge in [0.15, 0.2) is 5.78 Å². The monoisotopic (exact) mass is 448 g/mol. The largest absolute Gasteiger partial charge is 0.481 e. The van der Waals surface area contributed by atoms with E-state index < -0.39 is 23.8 Å². The lowest BCUT2D eigenvalue weighted by atomic mass is 9.93. The number of rotatable bonds is 6. The third-order valence-electron chi connectivity index (χ3n) is 6.92. The number of aliphatic carboxylic acids is 1. The molecule has 2 atom stereocenters. The van der Waals surface area contributed by atoms with Crippen molar-refractivity contribution in [3.05, 3.63) is 59.2 Å². The van der Waals surface area contributed by atoms with Crippen molar-refractivity contribution in [1.29, 1.82) is 0 Å². The van der Waals surface area contributed by atoms with E-state index in [-0.39, 0.29) is 17.6 Å². The average Bonchev–Trinajstić information content (AvgIpc) is 3.14. The molecule has 1 saturated heterocycles. The lowest BCUT2D eigenvalue weighted by Crippen LogP contribution is -2.53. The number of benzene rings is 2. The topological polar surface area (TPSA) is 104 Å². The summed E-state index contributed by atoms with van der Waals surface area (Å²) in [6, 6.07) is 11.6. The van der Waals surface area contributed by atoms with Crippen LogP contribution in [0.5, 0.6) is 0 Å². The van der Waals surface area contributed by atoms with Gasteiger partial charge < -0.3 is 15.3 Å². The minimum Gasteiger partial charge on any atom is -0.481 e. The second-order valence-corrected chi connectivity index (χ2v) is 8.88. The Balaban J connectivity index is 1.59. The third-order valence-corrected chi connectivity index (χ3v) is 6.92. The van der Waals surface area contributed by atoms with Crippen LogP contribution in [-0.2, 0) is 9.59 Å². The minimum atomic E-state index is -0.832. The lowest BCUT2D eigenvalue weighted by Gasteiger charge is -2.34. The Labute approximate surface area is 192 Å². The smallest absolute Gasteiger partial charge is 0.306 e. The Morgan fingerprint density at radius 2 is 1.67 bits per heavy atom. The first-order chi connectivity index (χ1) is 15.8. The van der Waals surface area contributed by atoms with Crippen LogP contribution < -0.4 is 5.32 Å². The van der Waals surface area contributed by atoms with E-state index in [1.807, 2.05) is 26.0 Å². The van der Waals surface area contributed by atoms with E-state index in [0.29, 0.717) is 54.6 Å². The fourth-order valence-corrected chi connectivity index (χ4v) is 4.71. The molecular weight excluding hydrogens is 420 g/mol. The van der Waals surface area contributed by atoms with Crippen molar-refractivity contribution in [3.8, 4) is 11.1 Å². The minimum absolute atomic E-state index is 0.105. The first kappa shape index (κ1) is 22.7. The molecule has 7 nitrogen and oxygen atoms in total. The quantitative estimate of drug-likeness (QED) is 0.602. The molecule has 2 amide bonds. The van der Waals surface area contributed by atoms with Crippen LogP contribution in [0.15, 0.2) is 42.5 Å². The molecule has 0 bridgehead atoms. The van der Waals surface area contributed by atoms with Crippen LogP contribution >= 0.6 is 0 Å². The maximum atomic E-state index is 13.4. The molecule has 2 N–H and O–H groups in total. The number of carbonyl (C=O) groups is 4. The van der Waals surface area contributed by atoms with Crippen molar-refractivity contribution < 1.29 is 24.3 Å². The molecule has 0 spiro atoms. The van der Waals surface area contributed by atoms with Crippen LogP contribution in [-0.4, -0.2) is 52.7 Å². The van der Waals surface area contributed by atoms with Crippen LogP contribution in [0.25, 0.3) is 11.1 Å². The number of likely N-dealkylation sites (tertiary alicyclic amines) is 1. The van der Waals surface area contributed by atoms with E-state index in [4.69, 9.17) is 0 Å². The van der Waals surface area contributed by atoms with Crippen molar-refractivity contribution in [3.63, 3.8) is 0 Å². The summed E-state index contributed by atoms with van der Waals surface area (Å²) in [5, 5.41) is 12.2. The normalized spacial score (nSPS) is 17.2. The number of hydrogen-bond acceptors (Lipinski definition) is 4. The standard InChI is InChI=1S/C26H28N2O5/c1-3-15(2)22(25(31)28-13-11-16(12-14-28)26(32)33)27-24(30)20-10-6-9-19-21(20)17-7-4-5-8-18(17)23(19)29/h4-10,15-16,22H,3,11-14H2,1-2H3,(H,27,30)(H,32,33). The first-order valence-electron chi connectivity index (χ1n) is 11.4. The molecule has 172 valence electrons. The molecule has 0 saturated carbocycles. The van der Waals surface area contributed by atoms with Gasteiger partial charge in [0.25, 0.3) is 5.91 Å². The molecule has 2 aromatic carbocycles. The number of nitrogens with zero attached hydrogens (tertiary/aromatic N) is 1. The molecule has 1 aliphatic heterocycles. The highest BCUT2D eigenvalue weighted by Crippen LogP contribution is 2.38. The maximum absolute atomic E-state index is 13.4. The molecule has 1 aliphatic carbocycles. The highest BCUT2D eigenvalue weighted by Gasteiger charge is 2.35. The highest BCUT2D eigenvalue weighted by atomic mass is 16.4. The van der Waals surface area contributed by atoms with Gasteiger partial charge in [0.1, 0.15) is 6.04 Å². The van der Waals surface area contributed by atoms with E-state index in [0.717, 1.165) is 5.56 Å². The van der Waals surface area contributed by atoms with E-state index in [9.17, 15) is 24.3 Å². The van der Waals surface area contributed by atoms with Gasteiger partial charge in [-0.15, -0.1) is 0 Å². The number of amides is 2. The second-order valence-electron chi connectivity index (χ2n) is 8.88. The summed E-state index contributed by atoms with van der Waals surface area (Å²) < 4.78 is 0. The van der Waals surface area contributed by atoms with Crippen molar-refractivity contribution in [1.82, 2.24) is 10.2 Å². The molecule has 2 unspecified atom stereocenters. The van der Waals surface area contributed by atoms with Crippen molar-refractivity contribution in [2.45, 2.75) is 39.2 Å². The Hall–Kier alpha value is -3.48. The second kappa shape index (κ2) is 9.17. The molecule has 33 heavy (non-hydrogen) atoms. The summed E-state index contributed by atoms with van der Waals surface area (Å²) in [6.07, 6.45) is 1.51. The van der Waals surface area contributed by atoms with Gasteiger partial charge in [-0.05, 0) is 30.4 Å². The van der Waals surface area contributed by atoms with Gasteiger partial charge in [0.05, 0.1) is 5.92 Å². The van der Waals surface area contributed by atoms with Gasteiger partial charge >= 0.3 is 5.97 Å². The highest BCUT2D eigenvalue weighted by molar-refractivity contribution is 6.24. The van der Waals surface area contributed by atoms with E-state index in [2.05, 4.69) is 5.32 Å². The van der Waals surface area contributed by atoms with Gasteiger partial charge in [-0.25, -0.2) is 0 Å². The molecule has 2 aliphatic rings. The fraction of sp³-hybridized carbons (Fsp3) is 0.385. The van der Waals surface area contributed by atoms with Crippen LogP contribution in [0.2, 0.25) is 0 Å². The number of ketones is 1. The van der Waals surface area contributed by atoms with Crippen molar-refractivity contribution >= 4 is 23.6 Å². The zero-order valence-electron chi connectivity index (χ0n) is 18.8. The van der Waals surface area contributed by atoms with E-state index >= 15 is 0 Å². The SMILES string of the molecule is CCC(C)C(NC(=O)c1cccc2c1-c1ccccc1C2=O)C(=O)N1CCC(C(=O)O)CC1. The molecule has 4 rings (SSSR count). The third kappa shape index (κ3) is 4.15. The Morgan fingerprint density at radius 1 is 1.03 bits per heavy atom.